The summed E-state index contributed by atoms with van der Waals surface area (Å²) in [7, 11) is 2.73. The zero-order chi connectivity index (χ0) is 21.5. The third kappa shape index (κ3) is 4.17. The molecule has 29 heavy (non-hydrogen) atoms. The van der Waals surface area contributed by atoms with Gasteiger partial charge in [-0.1, -0.05) is 0 Å². The number of carbonyl (C=O) groups excluding carboxylic acids is 2. The van der Waals surface area contributed by atoms with Crippen molar-refractivity contribution in [1.82, 2.24) is 24.5 Å². The molecule has 0 N–H and O–H groups in total. The maximum atomic E-state index is 13.3. The second-order valence-corrected chi connectivity index (χ2v) is 7.54. The number of carbonyl (C=O) groups is 2. The molecule has 0 aromatic carbocycles. The van der Waals surface area contributed by atoms with Gasteiger partial charge in [-0.25, -0.2) is 23.4 Å². The number of alkyl halides is 2. The van der Waals surface area contributed by atoms with E-state index in [0.717, 1.165) is 12.4 Å². The van der Waals surface area contributed by atoms with Crippen LogP contribution in [0, 0.1) is 0 Å². The van der Waals surface area contributed by atoms with Crippen molar-refractivity contribution in [3.63, 3.8) is 0 Å². The van der Waals surface area contributed by atoms with Gasteiger partial charge in [-0.15, -0.1) is 0 Å². The van der Waals surface area contributed by atoms with Crippen LogP contribution in [0.25, 0.3) is 11.4 Å². The first kappa shape index (κ1) is 20.6. The molecule has 2 heterocycles. The number of hydrogen-bond acceptors (Lipinski definition) is 7. The van der Waals surface area contributed by atoms with Crippen LogP contribution < -0.4 is 0 Å². The van der Waals surface area contributed by atoms with Crippen molar-refractivity contribution >= 4 is 23.4 Å². The highest BCUT2D eigenvalue weighted by molar-refractivity contribution is 6.18. The van der Waals surface area contributed by atoms with Crippen LogP contribution in [-0.4, -0.2) is 62.3 Å². The van der Waals surface area contributed by atoms with Crippen LogP contribution in [0.2, 0.25) is 0 Å². The second kappa shape index (κ2) is 7.37. The number of aromatic nitrogens is 4. The highest BCUT2D eigenvalue weighted by Crippen LogP contribution is 2.41. The lowest BCUT2D eigenvalue weighted by Crippen LogP contribution is -2.35. The number of methoxy groups -OCH3 is 1. The normalized spacial score (nSPS) is 18.0. The molecule has 1 saturated carbocycles. The van der Waals surface area contributed by atoms with Crippen molar-refractivity contribution in [2.45, 2.75) is 45.3 Å². The fourth-order valence-corrected chi connectivity index (χ4v) is 2.87. The van der Waals surface area contributed by atoms with Crippen LogP contribution >= 0.6 is 0 Å². The maximum absolute atomic E-state index is 13.3. The number of ether oxygens (including phenoxy) is 2. The van der Waals surface area contributed by atoms with E-state index >= 15 is 0 Å². The topological polar surface area (TPSA) is 98.9 Å². The summed E-state index contributed by atoms with van der Waals surface area (Å²) in [5.74, 6) is -0.805. The third-order valence-corrected chi connectivity index (χ3v) is 4.27. The molecule has 0 saturated heterocycles. The van der Waals surface area contributed by atoms with E-state index in [2.05, 4.69) is 15.1 Å². The van der Waals surface area contributed by atoms with Gasteiger partial charge >= 0.3 is 12.1 Å². The number of halogens is 2. The summed E-state index contributed by atoms with van der Waals surface area (Å²) in [6.07, 6.45) is -1.91. The average Bonchev–Trinajstić information content (AvgIpc) is 3.25. The van der Waals surface area contributed by atoms with E-state index in [1.165, 1.54) is 16.5 Å². The lowest BCUT2D eigenvalue weighted by atomic mass is 10.1. The van der Waals surface area contributed by atoms with Gasteiger partial charge in [0, 0.05) is 7.05 Å². The molecule has 0 aliphatic heterocycles. The van der Waals surface area contributed by atoms with Crippen LogP contribution in [0.3, 0.4) is 0 Å². The van der Waals surface area contributed by atoms with E-state index in [1.54, 1.807) is 27.8 Å². The van der Waals surface area contributed by atoms with Crippen LogP contribution in [-0.2, 0) is 14.3 Å². The lowest BCUT2D eigenvalue weighted by molar-refractivity contribution is -0.133. The van der Waals surface area contributed by atoms with Gasteiger partial charge in [0.15, 0.2) is 0 Å². The molecule has 1 aliphatic carbocycles. The number of nitrogens with zero attached hydrogens (tertiary/aromatic N) is 5. The molecular weight excluding hydrogens is 388 g/mol. The molecule has 0 unspecified atom stereocenters. The lowest BCUT2D eigenvalue weighted by Gasteiger charge is -2.24. The SMILES string of the molecule is COC(=O)/C(=C1\C[C@@H]1N(C)C(=O)OC(C)(C)C)c1cc(C(F)F)nc2ncnn12. The summed E-state index contributed by atoms with van der Waals surface area (Å²) in [6, 6.07) is 0.648. The van der Waals surface area contributed by atoms with Gasteiger partial charge in [-0.2, -0.15) is 14.6 Å². The number of esters is 1. The zero-order valence-electron chi connectivity index (χ0n) is 16.6. The Bertz CT molecular complexity index is 996. The van der Waals surface area contributed by atoms with Crippen molar-refractivity contribution in [1.29, 1.82) is 0 Å². The summed E-state index contributed by atoms with van der Waals surface area (Å²) < 4.78 is 38.0. The van der Waals surface area contributed by atoms with E-state index in [0.29, 0.717) is 12.0 Å². The van der Waals surface area contributed by atoms with E-state index in [-0.39, 0.29) is 17.0 Å². The van der Waals surface area contributed by atoms with Gasteiger partial charge in [0.25, 0.3) is 12.2 Å². The molecule has 2 aromatic heterocycles. The van der Waals surface area contributed by atoms with E-state index in [4.69, 9.17) is 9.47 Å². The predicted octanol–water partition coefficient (Wildman–Crippen LogP) is 2.63. The Labute approximate surface area is 165 Å². The number of fused-ring (bicyclic) bond motifs is 1. The molecular formula is C18H21F2N5O4. The summed E-state index contributed by atoms with van der Waals surface area (Å²) in [4.78, 5) is 33.8. The summed E-state index contributed by atoms with van der Waals surface area (Å²) in [5.41, 5.74) is -0.550. The first-order chi connectivity index (χ1) is 13.5. The first-order valence-corrected chi connectivity index (χ1v) is 8.80. The summed E-state index contributed by atoms with van der Waals surface area (Å²) in [6.45, 7) is 5.23. The Hall–Kier alpha value is -3.11. The molecule has 1 fully saturated rings. The molecule has 1 amide bonds. The molecule has 3 rings (SSSR count). The first-order valence-electron chi connectivity index (χ1n) is 8.80. The monoisotopic (exact) mass is 409 g/mol. The van der Waals surface area contributed by atoms with Crippen molar-refractivity contribution in [2.24, 2.45) is 0 Å². The highest BCUT2D eigenvalue weighted by Gasteiger charge is 2.43. The van der Waals surface area contributed by atoms with E-state index in [1.807, 2.05) is 0 Å². The molecule has 0 bridgehead atoms. The van der Waals surface area contributed by atoms with Crippen molar-refractivity contribution in [3.8, 4) is 0 Å². The Kier molecular flexibility index (Phi) is 5.24. The minimum absolute atomic E-state index is 0.0488. The molecule has 2 aromatic rings. The number of amides is 1. The Morgan fingerprint density at radius 1 is 1.34 bits per heavy atom. The smallest absolute Gasteiger partial charge is 0.410 e. The Morgan fingerprint density at radius 2 is 2.03 bits per heavy atom. The van der Waals surface area contributed by atoms with Crippen molar-refractivity contribution in [2.75, 3.05) is 14.2 Å². The average molecular weight is 409 g/mol. The molecule has 9 nitrogen and oxygen atoms in total. The third-order valence-electron chi connectivity index (χ3n) is 4.27. The number of hydrogen-bond donors (Lipinski definition) is 0. The minimum Gasteiger partial charge on any atom is -0.465 e. The highest BCUT2D eigenvalue weighted by atomic mass is 19.3. The molecule has 1 aliphatic rings. The predicted molar refractivity (Wildman–Crippen MR) is 97.1 cm³/mol. The number of rotatable bonds is 4. The summed E-state index contributed by atoms with van der Waals surface area (Å²) in [5, 5.41) is 3.97. The van der Waals surface area contributed by atoms with Gasteiger partial charge in [-0.05, 0) is 38.8 Å². The molecule has 1 atom stereocenters. The van der Waals surface area contributed by atoms with Gasteiger partial charge in [0.1, 0.15) is 17.6 Å². The molecule has 11 heteroatoms. The molecule has 0 spiro atoms. The van der Waals surface area contributed by atoms with E-state index in [9.17, 15) is 18.4 Å². The van der Waals surface area contributed by atoms with Crippen LogP contribution in [0.4, 0.5) is 13.6 Å². The molecule has 0 radical (unpaired) electrons. The van der Waals surface area contributed by atoms with Crippen LogP contribution in [0.15, 0.2) is 18.0 Å². The van der Waals surface area contributed by atoms with Gasteiger partial charge in [0.05, 0.1) is 24.4 Å². The maximum Gasteiger partial charge on any atom is 0.410 e. The van der Waals surface area contributed by atoms with Gasteiger partial charge in [0.2, 0.25) is 0 Å². The van der Waals surface area contributed by atoms with Gasteiger partial charge < -0.3 is 14.4 Å². The fraction of sp³-hybridized carbons (Fsp3) is 0.500. The summed E-state index contributed by atoms with van der Waals surface area (Å²) >= 11 is 0. The Morgan fingerprint density at radius 3 is 2.62 bits per heavy atom. The van der Waals surface area contributed by atoms with Crippen molar-refractivity contribution < 1.29 is 27.8 Å². The van der Waals surface area contributed by atoms with Crippen LogP contribution in [0.5, 0.6) is 0 Å². The van der Waals surface area contributed by atoms with Crippen LogP contribution in [0.1, 0.15) is 45.0 Å². The molecule has 156 valence electrons. The van der Waals surface area contributed by atoms with Crippen molar-refractivity contribution in [3.05, 3.63) is 29.4 Å². The second-order valence-electron chi connectivity index (χ2n) is 7.54. The zero-order valence-corrected chi connectivity index (χ0v) is 16.6. The quantitative estimate of drug-likeness (QED) is 0.565. The standard InChI is InChI=1S/C18H21F2N5O4/c1-18(2,3)29-17(27)24(4)11-6-9(11)13(15(26)28-5)12-7-10(14(19)20)23-16-21-8-22-25(12)16/h7-8,11,14H,6H2,1-5H3/b13-9+/t11-/m0/s1. The fourth-order valence-electron chi connectivity index (χ4n) is 2.87. The van der Waals surface area contributed by atoms with Gasteiger partial charge in [-0.3, -0.25) is 0 Å². The largest absolute Gasteiger partial charge is 0.465 e. The Balaban J connectivity index is 2.05. The number of likely N-dealkylation sites (N-methyl/N-ethyl adjacent to an activating group) is 1. The van der Waals surface area contributed by atoms with E-state index < -0.39 is 35.8 Å². The minimum atomic E-state index is -2.86.